The van der Waals surface area contributed by atoms with Crippen LogP contribution in [-0.4, -0.2) is 0 Å². The predicted octanol–water partition coefficient (Wildman–Crippen LogP) is 4.40. The first-order valence-corrected chi connectivity index (χ1v) is 6.35. The number of rotatable bonds is 3. The average molecular weight is 331 g/mol. The maximum atomic E-state index is 13.1. The summed E-state index contributed by atoms with van der Waals surface area (Å²) in [5.74, 6) is 0.0710. The number of ether oxygens (including phenoxy) is 1. The van der Waals surface area contributed by atoms with Crippen molar-refractivity contribution in [1.29, 1.82) is 0 Å². The molecule has 0 spiro atoms. The lowest BCUT2D eigenvalue weighted by atomic mass is 10.2. The lowest BCUT2D eigenvalue weighted by molar-refractivity contribution is 0.303. The Balaban J connectivity index is 2.16. The van der Waals surface area contributed by atoms with Crippen LogP contribution in [0.15, 0.2) is 40.9 Å². The Morgan fingerprint density at radius 1 is 1.22 bits per heavy atom. The van der Waals surface area contributed by atoms with Gasteiger partial charge in [0.25, 0.3) is 0 Å². The summed E-state index contributed by atoms with van der Waals surface area (Å²) >= 11 is 9.16. The summed E-state index contributed by atoms with van der Waals surface area (Å²) in [4.78, 5) is 0. The number of nitrogens with two attached hydrogens (primary N) is 1. The predicted molar refractivity (Wildman–Crippen MR) is 74.3 cm³/mol. The summed E-state index contributed by atoms with van der Waals surface area (Å²) in [6.07, 6.45) is 0. The fourth-order valence-corrected chi connectivity index (χ4v) is 2.00. The maximum Gasteiger partial charge on any atom is 0.136 e. The summed E-state index contributed by atoms with van der Waals surface area (Å²) in [7, 11) is 0. The summed E-state index contributed by atoms with van der Waals surface area (Å²) in [6, 6.07) is 9.39. The number of hydrogen-bond donors (Lipinski definition) is 1. The molecule has 2 rings (SSSR count). The van der Waals surface area contributed by atoms with Crippen molar-refractivity contribution in [1.82, 2.24) is 0 Å². The number of nitrogen functional groups attached to an aromatic ring is 1. The van der Waals surface area contributed by atoms with Gasteiger partial charge >= 0.3 is 0 Å². The quantitative estimate of drug-likeness (QED) is 0.846. The van der Waals surface area contributed by atoms with Crippen molar-refractivity contribution in [3.8, 4) is 5.75 Å². The standard InChI is InChI=1S/C13H10BrClFNO/c14-11-3-2-10(16)6-13(11)18-7-8-5-9(15)1-4-12(8)17/h1-6H,7,17H2. The van der Waals surface area contributed by atoms with Gasteiger partial charge < -0.3 is 10.5 Å². The van der Waals surface area contributed by atoms with Crippen LogP contribution >= 0.6 is 27.5 Å². The average Bonchev–Trinajstić information content (AvgIpc) is 2.34. The fraction of sp³-hybridized carbons (Fsp3) is 0.0769. The molecule has 0 aliphatic heterocycles. The first kappa shape index (κ1) is 13.2. The third-order valence-corrected chi connectivity index (χ3v) is 3.27. The highest BCUT2D eigenvalue weighted by molar-refractivity contribution is 9.10. The lowest BCUT2D eigenvalue weighted by Crippen LogP contribution is -2.00. The maximum absolute atomic E-state index is 13.1. The molecule has 0 unspecified atom stereocenters. The SMILES string of the molecule is Nc1ccc(Cl)cc1COc1cc(F)ccc1Br. The van der Waals surface area contributed by atoms with Crippen LogP contribution in [0.2, 0.25) is 5.02 Å². The van der Waals surface area contributed by atoms with E-state index >= 15 is 0 Å². The molecule has 0 atom stereocenters. The molecule has 2 N–H and O–H groups in total. The minimum atomic E-state index is -0.354. The summed E-state index contributed by atoms with van der Waals surface area (Å²) in [6.45, 7) is 0.231. The smallest absolute Gasteiger partial charge is 0.136 e. The molecular formula is C13H10BrClFNO. The zero-order chi connectivity index (χ0) is 13.1. The number of anilines is 1. The van der Waals surface area contributed by atoms with Crippen molar-refractivity contribution in [2.75, 3.05) is 5.73 Å². The first-order chi connectivity index (χ1) is 8.56. The van der Waals surface area contributed by atoms with Gasteiger partial charge in [-0.3, -0.25) is 0 Å². The highest BCUT2D eigenvalue weighted by Gasteiger charge is 2.05. The Hall–Kier alpha value is -1.26. The Morgan fingerprint density at radius 3 is 2.78 bits per heavy atom. The minimum Gasteiger partial charge on any atom is -0.488 e. The van der Waals surface area contributed by atoms with Gasteiger partial charge in [0.1, 0.15) is 18.2 Å². The third kappa shape index (κ3) is 3.15. The highest BCUT2D eigenvalue weighted by Crippen LogP contribution is 2.27. The minimum absolute atomic E-state index is 0.231. The molecule has 0 bridgehead atoms. The second-order valence-electron chi connectivity index (χ2n) is 3.71. The zero-order valence-corrected chi connectivity index (χ0v) is 11.6. The third-order valence-electron chi connectivity index (χ3n) is 2.38. The van der Waals surface area contributed by atoms with Gasteiger partial charge in [0.05, 0.1) is 4.47 Å². The highest BCUT2D eigenvalue weighted by atomic mass is 79.9. The van der Waals surface area contributed by atoms with Crippen molar-refractivity contribution >= 4 is 33.2 Å². The van der Waals surface area contributed by atoms with E-state index in [1.807, 2.05) is 0 Å². The van der Waals surface area contributed by atoms with E-state index < -0.39 is 0 Å². The van der Waals surface area contributed by atoms with Crippen molar-refractivity contribution in [3.05, 3.63) is 57.3 Å². The Morgan fingerprint density at radius 2 is 2.00 bits per heavy atom. The van der Waals surface area contributed by atoms with Gasteiger partial charge in [-0.1, -0.05) is 11.6 Å². The zero-order valence-electron chi connectivity index (χ0n) is 9.29. The molecule has 94 valence electrons. The molecule has 5 heteroatoms. The molecule has 0 saturated carbocycles. The summed E-state index contributed by atoms with van der Waals surface area (Å²) < 4.78 is 19.3. The van der Waals surface area contributed by atoms with Crippen LogP contribution in [-0.2, 0) is 6.61 Å². The molecule has 0 radical (unpaired) electrons. The summed E-state index contributed by atoms with van der Waals surface area (Å²) in [5.41, 5.74) is 7.15. The Bertz CT molecular complexity index is 525. The van der Waals surface area contributed by atoms with Crippen LogP contribution in [0.4, 0.5) is 10.1 Å². The van der Waals surface area contributed by atoms with Crippen LogP contribution in [0.3, 0.4) is 0 Å². The number of hydrogen-bond acceptors (Lipinski definition) is 2. The largest absolute Gasteiger partial charge is 0.488 e. The van der Waals surface area contributed by atoms with E-state index in [-0.39, 0.29) is 12.4 Å². The normalized spacial score (nSPS) is 10.4. The molecule has 0 aliphatic carbocycles. The second kappa shape index (κ2) is 5.59. The molecule has 2 nitrogen and oxygen atoms in total. The van der Waals surface area contributed by atoms with Crippen LogP contribution < -0.4 is 10.5 Å². The molecular weight excluding hydrogens is 321 g/mol. The number of benzene rings is 2. The summed E-state index contributed by atoms with van der Waals surface area (Å²) in [5, 5.41) is 0.584. The Kier molecular flexibility index (Phi) is 4.09. The topological polar surface area (TPSA) is 35.2 Å². The molecule has 0 amide bonds. The molecule has 0 heterocycles. The van der Waals surface area contributed by atoms with E-state index in [0.717, 1.165) is 5.56 Å². The monoisotopic (exact) mass is 329 g/mol. The van der Waals surface area contributed by atoms with Gasteiger partial charge in [-0.05, 0) is 46.3 Å². The van der Waals surface area contributed by atoms with Gasteiger partial charge in [-0.25, -0.2) is 4.39 Å². The van der Waals surface area contributed by atoms with Gasteiger partial charge in [0, 0.05) is 22.3 Å². The van der Waals surface area contributed by atoms with E-state index in [1.54, 1.807) is 24.3 Å². The second-order valence-corrected chi connectivity index (χ2v) is 5.00. The van der Waals surface area contributed by atoms with Crippen LogP contribution in [0.1, 0.15) is 5.56 Å². The Labute approximate surface area is 118 Å². The van der Waals surface area contributed by atoms with Crippen molar-refractivity contribution in [2.24, 2.45) is 0 Å². The molecule has 0 aromatic heterocycles. The molecule has 0 aliphatic rings. The molecule has 2 aromatic carbocycles. The lowest BCUT2D eigenvalue weighted by Gasteiger charge is -2.10. The fourth-order valence-electron chi connectivity index (χ4n) is 1.44. The van der Waals surface area contributed by atoms with Gasteiger partial charge in [-0.15, -0.1) is 0 Å². The van der Waals surface area contributed by atoms with Crippen LogP contribution in [0.25, 0.3) is 0 Å². The molecule has 0 saturated heterocycles. The van der Waals surface area contributed by atoms with Gasteiger partial charge in [0.2, 0.25) is 0 Å². The van der Waals surface area contributed by atoms with E-state index in [0.29, 0.717) is 20.9 Å². The molecule has 18 heavy (non-hydrogen) atoms. The van der Waals surface area contributed by atoms with E-state index in [1.165, 1.54) is 12.1 Å². The van der Waals surface area contributed by atoms with Crippen LogP contribution in [0, 0.1) is 5.82 Å². The first-order valence-electron chi connectivity index (χ1n) is 5.18. The molecule has 0 fully saturated rings. The van der Waals surface area contributed by atoms with E-state index in [2.05, 4.69) is 15.9 Å². The van der Waals surface area contributed by atoms with Crippen LogP contribution in [0.5, 0.6) is 5.75 Å². The van der Waals surface area contributed by atoms with Gasteiger partial charge in [0.15, 0.2) is 0 Å². The van der Waals surface area contributed by atoms with Crippen molar-refractivity contribution < 1.29 is 9.13 Å². The van der Waals surface area contributed by atoms with Gasteiger partial charge in [-0.2, -0.15) is 0 Å². The number of halogens is 3. The van der Waals surface area contributed by atoms with E-state index in [9.17, 15) is 4.39 Å². The van der Waals surface area contributed by atoms with Crippen molar-refractivity contribution in [3.63, 3.8) is 0 Å². The molecule has 2 aromatic rings. The van der Waals surface area contributed by atoms with Crippen molar-refractivity contribution in [2.45, 2.75) is 6.61 Å². The van der Waals surface area contributed by atoms with E-state index in [4.69, 9.17) is 22.1 Å².